The molecule has 0 bridgehead atoms. The summed E-state index contributed by atoms with van der Waals surface area (Å²) in [4.78, 5) is 0. The van der Waals surface area contributed by atoms with Crippen LogP contribution >= 0.6 is 15.9 Å². The Labute approximate surface area is 125 Å². The highest BCUT2D eigenvalue weighted by Gasteiger charge is 2.19. The molecule has 0 atom stereocenters. The minimum atomic E-state index is 0.415. The molecule has 1 fully saturated rings. The van der Waals surface area contributed by atoms with Crippen molar-refractivity contribution in [3.05, 3.63) is 27.7 Å². The van der Waals surface area contributed by atoms with Crippen LogP contribution < -0.4 is 10.1 Å². The molecule has 0 aromatic heterocycles. The highest BCUT2D eigenvalue weighted by Crippen LogP contribution is 2.32. The number of aryl methyl sites for hydroxylation is 1. The van der Waals surface area contributed by atoms with Crippen LogP contribution in [0.4, 0.5) is 0 Å². The van der Waals surface area contributed by atoms with Gasteiger partial charge in [0.25, 0.3) is 0 Å². The Morgan fingerprint density at radius 3 is 2.63 bits per heavy atom. The van der Waals surface area contributed by atoms with Gasteiger partial charge in [0.2, 0.25) is 0 Å². The summed E-state index contributed by atoms with van der Waals surface area (Å²) in [5, 5.41) is 3.48. The summed E-state index contributed by atoms with van der Waals surface area (Å²) in [6.45, 7) is 7.33. The zero-order chi connectivity index (χ0) is 13.8. The molecule has 1 aromatic rings. The second-order valence-electron chi connectivity index (χ2n) is 5.77. The number of hydrogen-bond donors (Lipinski definition) is 1. The van der Waals surface area contributed by atoms with Gasteiger partial charge in [0.05, 0.1) is 6.10 Å². The van der Waals surface area contributed by atoms with Crippen molar-refractivity contribution in [3.63, 3.8) is 0 Å². The van der Waals surface area contributed by atoms with Crippen LogP contribution in [0.15, 0.2) is 16.6 Å². The van der Waals surface area contributed by atoms with Crippen LogP contribution in [-0.4, -0.2) is 12.1 Å². The molecule has 1 aromatic carbocycles. The van der Waals surface area contributed by atoms with Gasteiger partial charge in [0, 0.05) is 22.6 Å². The number of halogens is 1. The second kappa shape index (κ2) is 6.76. The van der Waals surface area contributed by atoms with Crippen LogP contribution in [0.2, 0.25) is 0 Å². The van der Waals surface area contributed by atoms with Crippen molar-refractivity contribution in [3.8, 4) is 5.75 Å². The molecule has 19 heavy (non-hydrogen) atoms. The van der Waals surface area contributed by atoms with Crippen molar-refractivity contribution in [2.75, 3.05) is 0 Å². The van der Waals surface area contributed by atoms with Gasteiger partial charge in [0.1, 0.15) is 5.75 Å². The van der Waals surface area contributed by atoms with E-state index in [4.69, 9.17) is 4.74 Å². The van der Waals surface area contributed by atoms with E-state index in [0.29, 0.717) is 12.1 Å². The third kappa shape index (κ3) is 4.22. The van der Waals surface area contributed by atoms with Crippen LogP contribution in [0.1, 0.15) is 50.7 Å². The van der Waals surface area contributed by atoms with Gasteiger partial charge in [-0.2, -0.15) is 0 Å². The van der Waals surface area contributed by atoms with Gasteiger partial charge in [-0.15, -0.1) is 0 Å². The quantitative estimate of drug-likeness (QED) is 0.855. The Kier molecular flexibility index (Phi) is 5.28. The van der Waals surface area contributed by atoms with Gasteiger partial charge >= 0.3 is 0 Å². The molecular weight excluding hydrogens is 302 g/mol. The third-order valence-electron chi connectivity index (χ3n) is 3.60. The van der Waals surface area contributed by atoms with E-state index >= 15 is 0 Å². The van der Waals surface area contributed by atoms with Crippen LogP contribution in [0.3, 0.4) is 0 Å². The van der Waals surface area contributed by atoms with E-state index in [2.05, 4.69) is 54.2 Å². The second-order valence-corrected chi connectivity index (χ2v) is 6.69. The van der Waals surface area contributed by atoms with Crippen molar-refractivity contribution in [1.82, 2.24) is 5.32 Å². The Balaban J connectivity index is 2.17. The molecule has 106 valence electrons. The largest absolute Gasteiger partial charge is 0.490 e. The number of hydrogen-bond acceptors (Lipinski definition) is 2. The van der Waals surface area contributed by atoms with Gasteiger partial charge in [-0.25, -0.2) is 0 Å². The Morgan fingerprint density at radius 2 is 2.00 bits per heavy atom. The lowest BCUT2D eigenvalue weighted by molar-refractivity contribution is 0.206. The predicted molar refractivity (Wildman–Crippen MR) is 83.7 cm³/mol. The number of benzene rings is 1. The van der Waals surface area contributed by atoms with E-state index in [9.17, 15) is 0 Å². The summed E-state index contributed by atoms with van der Waals surface area (Å²) in [6, 6.07) is 4.80. The van der Waals surface area contributed by atoms with Gasteiger partial charge in [-0.3, -0.25) is 0 Å². The molecule has 2 rings (SSSR count). The van der Waals surface area contributed by atoms with Crippen molar-refractivity contribution in [2.24, 2.45) is 0 Å². The molecule has 0 aliphatic heterocycles. The number of ether oxygens (including phenoxy) is 1. The van der Waals surface area contributed by atoms with Crippen molar-refractivity contribution < 1.29 is 4.74 Å². The third-order valence-corrected chi connectivity index (χ3v) is 4.06. The van der Waals surface area contributed by atoms with Gasteiger partial charge < -0.3 is 10.1 Å². The van der Waals surface area contributed by atoms with Crippen LogP contribution in [0, 0.1) is 6.92 Å². The zero-order valence-corrected chi connectivity index (χ0v) is 13.7. The molecule has 0 saturated heterocycles. The molecule has 2 nitrogen and oxygen atoms in total. The first-order valence-corrected chi connectivity index (χ1v) is 8.04. The van der Waals surface area contributed by atoms with Crippen LogP contribution in [0.5, 0.6) is 5.75 Å². The Bertz CT molecular complexity index is 425. The molecular formula is C16H24BrNO. The minimum Gasteiger partial charge on any atom is -0.490 e. The van der Waals surface area contributed by atoms with E-state index in [-0.39, 0.29) is 0 Å². The Hall–Kier alpha value is -0.540. The average molecular weight is 326 g/mol. The maximum Gasteiger partial charge on any atom is 0.127 e. The summed E-state index contributed by atoms with van der Waals surface area (Å²) in [5.41, 5.74) is 2.48. The number of rotatable bonds is 5. The zero-order valence-electron chi connectivity index (χ0n) is 12.1. The standard InChI is InChI=1S/C16H24BrNO/c1-11(2)18-10-13-9-14(17)8-12(3)16(13)19-15-6-4-5-7-15/h8-9,11,15,18H,4-7,10H2,1-3H3. The summed E-state index contributed by atoms with van der Waals surface area (Å²) in [6.07, 6.45) is 5.43. The maximum atomic E-state index is 6.26. The summed E-state index contributed by atoms with van der Waals surface area (Å²) in [7, 11) is 0. The summed E-state index contributed by atoms with van der Waals surface area (Å²) >= 11 is 3.58. The first-order chi connectivity index (χ1) is 9.06. The van der Waals surface area contributed by atoms with Gasteiger partial charge in [-0.05, 0) is 50.3 Å². The first kappa shape index (κ1) is 14.9. The fourth-order valence-electron chi connectivity index (χ4n) is 2.59. The molecule has 0 spiro atoms. The van der Waals surface area contributed by atoms with Crippen molar-refractivity contribution >= 4 is 15.9 Å². The predicted octanol–water partition coefficient (Wildman–Crippen LogP) is 4.58. The van der Waals surface area contributed by atoms with Gasteiger partial charge in [-0.1, -0.05) is 29.8 Å². The van der Waals surface area contributed by atoms with Gasteiger partial charge in [0.15, 0.2) is 0 Å². The monoisotopic (exact) mass is 325 g/mol. The van der Waals surface area contributed by atoms with Crippen LogP contribution in [0.25, 0.3) is 0 Å². The molecule has 0 unspecified atom stereocenters. The first-order valence-electron chi connectivity index (χ1n) is 7.25. The lowest BCUT2D eigenvalue weighted by atomic mass is 10.1. The van der Waals surface area contributed by atoms with Crippen molar-refractivity contribution in [1.29, 1.82) is 0 Å². The molecule has 0 amide bonds. The molecule has 0 radical (unpaired) electrons. The lowest BCUT2D eigenvalue weighted by Crippen LogP contribution is -2.23. The topological polar surface area (TPSA) is 21.3 Å². The molecule has 1 saturated carbocycles. The highest BCUT2D eigenvalue weighted by molar-refractivity contribution is 9.10. The molecule has 3 heteroatoms. The van der Waals surface area contributed by atoms with Crippen LogP contribution in [-0.2, 0) is 6.54 Å². The van der Waals surface area contributed by atoms with E-state index in [0.717, 1.165) is 16.8 Å². The van der Waals surface area contributed by atoms with E-state index in [1.807, 2.05) is 0 Å². The maximum absolute atomic E-state index is 6.26. The van der Waals surface area contributed by atoms with Crippen molar-refractivity contribution in [2.45, 2.75) is 65.1 Å². The van der Waals surface area contributed by atoms with E-state index < -0.39 is 0 Å². The summed E-state index contributed by atoms with van der Waals surface area (Å²) in [5.74, 6) is 1.09. The summed E-state index contributed by atoms with van der Waals surface area (Å²) < 4.78 is 7.39. The number of nitrogens with one attached hydrogen (secondary N) is 1. The molecule has 0 heterocycles. The fraction of sp³-hybridized carbons (Fsp3) is 0.625. The normalized spacial score (nSPS) is 16.3. The SMILES string of the molecule is Cc1cc(Br)cc(CNC(C)C)c1OC1CCCC1. The average Bonchev–Trinajstić information content (AvgIpc) is 2.83. The fourth-order valence-corrected chi connectivity index (χ4v) is 3.21. The molecule has 1 aliphatic rings. The van der Waals surface area contributed by atoms with E-state index in [1.54, 1.807) is 0 Å². The van der Waals surface area contributed by atoms with E-state index in [1.165, 1.54) is 36.8 Å². The smallest absolute Gasteiger partial charge is 0.127 e. The lowest BCUT2D eigenvalue weighted by Gasteiger charge is -2.20. The minimum absolute atomic E-state index is 0.415. The molecule has 1 N–H and O–H groups in total. The molecule has 1 aliphatic carbocycles. The highest BCUT2D eigenvalue weighted by atomic mass is 79.9. The Morgan fingerprint density at radius 1 is 1.32 bits per heavy atom.